The van der Waals surface area contributed by atoms with Gasteiger partial charge in [0.05, 0.1) is 0 Å². The average molecular weight is 497 g/mol. The summed E-state index contributed by atoms with van der Waals surface area (Å²) in [5.41, 5.74) is 0. The summed E-state index contributed by atoms with van der Waals surface area (Å²) in [5, 5.41) is 0. The van der Waals surface area contributed by atoms with Crippen molar-refractivity contribution in [1.82, 2.24) is 9.80 Å². The van der Waals surface area contributed by atoms with Crippen molar-refractivity contribution in [2.45, 2.75) is 63.5 Å². The molecule has 0 saturated carbocycles. The second-order valence-electron chi connectivity index (χ2n) is 8.53. The van der Waals surface area contributed by atoms with Crippen LogP contribution in [0.5, 0.6) is 0 Å². The number of nitrogens with zero attached hydrogens (tertiary/aromatic N) is 2. The zero-order chi connectivity index (χ0) is 24.3. The monoisotopic (exact) mass is 496 g/mol. The van der Waals surface area contributed by atoms with E-state index in [4.69, 9.17) is 26.6 Å². The zero-order valence-electron chi connectivity index (χ0n) is 22.2. The van der Waals surface area contributed by atoms with Crippen LogP contribution in [0.15, 0.2) is 0 Å². The van der Waals surface area contributed by atoms with Crippen LogP contribution >= 0.6 is 0 Å². The molecule has 0 aromatic heterocycles. The predicted molar refractivity (Wildman–Crippen MR) is 135 cm³/mol. The van der Waals surface area contributed by atoms with Crippen LogP contribution < -0.4 is 0 Å². The molecule has 0 radical (unpaired) electrons. The zero-order valence-corrected chi connectivity index (χ0v) is 24.2. The lowest BCUT2D eigenvalue weighted by Gasteiger charge is -2.25. The van der Waals surface area contributed by atoms with Crippen molar-refractivity contribution < 1.29 is 26.6 Å². The van der Waals surface area contributed by atoms with Crippen LogP contribution in [0.1, 0.15) is 51.4 Å². The Kier molecular flexibility index (Phi) is 19.5. The Morgan fingerprint density at radius 3 is 0.938 bits per heavy atom. The van der Waals surface area contributed by atoms with E-state index in [0.717, 1.165) is 51.1 Å². The smallest absolute Gasteiger partial charge is 0.377 e. The molecule has 0 heterocycles. The molecule has 0 N–H and O–H groups in total. The van der Waals surface area contributed by atoms with Crippen molar-refractivity contribution in [2.24, 2.45) is 0 Å². The maximum Gasteiger partial charge on any atom is 0.500 e. The molecule has 0 aromatic rings. The lowest BCUT2D eigenvalue weighted by Crippen LogP contribution is -2.43. The predicted octanol–water partition coefficient (Wildman–Crippen LogP) is 3.73. The molecule has 10 heteroatoms. The molecule has 0 atom stereocenters. The van der Waals surface area contributed by atoms with Crippen LogP contribution in [0.4, 0.5) is 0 Å². The van der Waals surface area contributed by atoms with Gasteiger partial charge in [0.2, 0.25) is 0 Å². The third kappa shape index (κ3) is 13.7. The molecule has 0 unspecified atom stereocenters. The van der Waals surface area contributed by atoms with E-state index in [-0.39, 0.29) is 0 Å². The van der Waals surface area contributed by atoms with Gasteiger partial charge in [-0.2, -0.15) is 0 Å². The molecule has 0 bridgehead atoms. The Bertz CT molecular complexity index is 375. The topological polar surface area (TPSA) is 61.9 Å². The maximum absolute atomic E-state index is 5.48. The molecule has 0 rings (SSSR count). The summed E-state index contributed by atoms with van der Waals surface area (Å²) < 4.78 is 32.9. The van der Waals surface area contributed by atoms with E-state index in [9.17, 15) is 0 Å². The fraction of sp³-hybridized carbons (Fsp3) is 1.00. The molecule has 0 fully saturated rings. The first-order valence-corrected chi connectivity index (χ1v) is 15.9. The van der Waals surface area contributed by atoms with Crippen LogP contribution in [0.3, 0.4) is 0 Å². The van der Waals surface area contributed by atoms with Crippen LogP contribution in [-0.4, -0.2) is 110 Å². The van der Waals surface area contributed by atoms with Gasteiger partial charge in [-0.3, -0.25) is 0 Å². The van der Waals surface area contributed by atoms with E-state index in [1.165, 1.54) is 38.5 Å². The molecule has 194 valence electrons. The summed E-state index contributed by atoms with van der Waals surface area (Å²) in [5.74, 6) is 0. The minimum atomic E-state index is -2.42. The summed E-state index contributed by atoms with van der Waals surface area (Å²) >= 11 is 0. The van der Waals surface area contributed by atoms with Gasteiger partial charge in [-0.05, 0) is 66.0 Å². The van der Waals surface area contributed by atoms with E-state index < -0.39 is 17.6 Å². The minimum Gasteiger partial charge on any atom is -0.377 e. The van der Waals surface area contributed by atoms with Crippen molar-refractivity contribution >= 4 is 17.6 Å². The fourth-order valence-corrected chi connectivity index (χ4v) is 7.34. The largest absolute Gasteiger partial charge is 0.500 e. The second-order valence-corrected chi connectivity index (χ2v) is 14.7. The Labute approximate surface area is 200 Å². The molecule has 0 aliphatic rings. The van der Waals surface area contributed by atoms with E-state index in [1.54, 1.807) is 42.7 Å². The maximum atomic E-state index is 5.48. The van der Waals surface area contributed by atoms with Gasteiger partial charge in [-0.25, -0.2) is 0 Å². The SMILES string of the molecule is CO[Si](CCCN(C)CCCCCCCCN(C)CCC[Si](OC)(OC)OC)(OC)OC. The number of rotatable bonds is 23. The third-order valence-corrected chi connectivity index (χ3v) is 11.9. The Morgan fingerprint density at radius 2 is 0.656 bits per heavy atom. The van der Waals surface area contributed by atoms with Gasteiger partial charge in [0.1, 0.15) is 0 Å². The molecule has 8 nitrogen and oxygen atoms in total. The third-order valence-electron chi connectivity index (χ3n) is 6.24. The quantitative estimate of drug-likeness (QED) is 0.157. The number of unbranched alkanes of at least 4 members (excludes halogenated alkanes) is 5. The Hall–Kier alpha value is 0.114. The van der Waals surface area contributed by atoms with Gasteiger partial charge < -0.3 is 36.4 Å². The van der Waals surface area contributed by atoms with Gasteiger partial charge in [-0.15, -0.1) is 0 Å². The summed E-state index contributed by atoms with van der Waals surface area (Å²) in [7, 11) is 9.64. The van der Waals surface area contributed by atoms with E-state index in [2.05, 4.69) is 23.9 Å². The summed E-state index contributed by atoms with van der Waals surface area (Å²) in [6.45, 7) is 4.42. The average Bonchev–Trinajstić information content (AvgIpc) is 2.82. The first-order chi connectivity index (χ1) is 15.4. The number of hydrogen-bond donors (Lipinski definition) is 0. The summed E-state index contributed by atoms with van der Waals surface area (Å²) in [4.78, 5) is 4.81. The first-order valence-electron chi connectivity index (χ1n) is 12.0. The normalized spacial score (nSPS) is 12.9. The lowest BCUT2D eigenvalue weighted by molar-refractivity contribution is 0.121. The van der Waals surface area contributed by atoms with Crippen molar-refractivity contribution in [3.05, 3.63) is 0 Å². The molecule has 0 amide bonds. The van der Waals surface area contributed by atoms with Crippen molar-refractivity contribution in [3.63, 3.8) is 0 Å². The van der Waals surface area contributed by atoms with Crippen LogP contribution in [-0.2, 0) is 26.6 Å². The molecule has 0 saturated heterocycles. The van der Waals surface area contributed by atoms with Gasteiger partial charge in [-0.1, -0.05) is 25.7 Å². The highest BCUT2D eigenvalue weighted by atomic mass is 28.4. The molecular formula is C22H52N2O6Si2. The molecular weight excluding hydrogens is 444 g/mol. The van der Waals surface area contributed by atoms with Gasteiger partial charge in [0, 0.05) is 54.7 Å². The first kappa shape index (κ1) is 32.1. The summed E-state index contributed by atoms with van der Waals surface area (Å²) in [6.07, 6.45) is 9.89. The number of hydrogen-bond acceptors (Lipinski definition) is 8. The highest BCUT2D eigenvalue weighted by Gasteiger charge is 2.37. The lowest BCUT2D eigenvalue weighted by atomic mass is 10.1. The van der Waals surface area contributed by atoms with Gasteiger partial charge in [0.15, 0.2) is 0 Å². The molecule has 0 aliphatic carbocycles. The standard InChI is InChI=1S/C22H52N2O6Si2/c1-23(19-15-21-31(25-3,26-4)27-5)17-13-11-9-10-12-14-18-24(2)20-16-22-32(28-6,29-7)30-8/h9-22H2,1-8H3. The minimum absolute atomic E-state index is 0.864. The van der Waals surface area contributed by atoms with Crippen molar-refractivity contribution in [1.29, 1.82) is 0 Å². The molecule has 0 spiro atoms. The van der Waals surface area contributed by atoms with Gasteiger partial charge >= 0.3 is 17.6 Å². The van der Waals surface area contributed by atoms with Crippen molar-refractivity contribution in [3.8, 4) is 0 Å². The van der Waals surface area contributed by atoms with E-state index in [0.29, 0.717) is 0 Å². The highest BCUT2D eigenvalue weighted by Crippen LogP contribution is 2.16. The Morgan fingerprint density at radius 1 is 0.406 bits per heavy atom. The van der Waals surface area contributed by atoms with Crippen LogP contribution in [0.25, 0.3) is 0 Å². The van der Waals surface area contributed by atoms with Gasteiger partial charge in [0.25, 0.3) is 0 Å². The summed E-state index contributed by atoms with van der Waals surface area (Å²) in [6, 6.07) is 1.73. The van der Waals surface area contributed by atoms with E-state index >= 15 is 0 Å². The van der Waals surface area contributed by atoms with Crippen LogP contribution in [0.2, 0.25) is 12.1 Å². The molecule has 0 aromatic carbocycles. The highest BCUT2D eigenvalue weighted by molar-refractivity contribution is 6.60. The van der Waals surface area contributed by atoms with E-state index in [1.807, 2.05) is 0 Å². The second kappa shape index (κ2) is 19.4. The Balaban J connectivity index is 3.65. The fourth-order valence-electron chi connectivity index (χ4n) is 3.94. The van der Waals surface area contributed by atoms with Crippen LogP contribution in [0, 0.1) is 0 Å². The molecule has 32 heavy (non-hydrogen) atoms. The molecule has 0 aliphatic heterocycles. The van der Waals surface area contributed by atoms with Crippen molar-refractivity contribution in [2.75, 3.05) is 82.9 Å².